The Balaban J connectivity index is 2.09. The van der Waals surface area contributed by atoms with Crippen LogP contribution in [0, 0.1) is 0 Å². The van der Waals surface area contributed by atoms with Crippen LogP contribution in [0.4, 0.5) is 5.69 Å². The number of hydrogen-bond acceptors (Lipinski definition) is 3. The van der Waals surface area contributed by atoms with Gasteiger partial charge in [-0.1, -0.05) is 30.3 Å². The molecule has 0 saturated heterocycles. The van der Waals surface area contributed by atoms with Crippen molar-refractivity contribution in [2.75, 3.05) is 12.4 Å². The van der Waals surface area contributed by atoms with Crippen molar-refractivity contribution >= 4 is 39.6 Å². The molecule has 1 aromatic heterocycles. The van der Waals surface area contributed by atoms with Crippen LogP contribution in [0.2, 0.25) is 0 Å². The molecule has 0 aliphatic heterocycles. The van der Waals surface area contributed by atoms with Crippen LogP contribution in [0.3, 0.4) is 0 Å². The van der Waals surface area contributed by atoms with E-state index in [1.807, 2.05) is 35.7 Å². The number of nitrogens with one attached hydrogen (secondary N) is 2. The van der Waals surface area contributed by atoms with Crippen molar-refractivity contribution in [3.8, 4) is 0 Å². The molecule has 3 rings (SSSR count). The highest BCUT2D eigenvalue weighted by Gasteiger charge is 2.14. The van der Waals surface area contributed by atoms with Gasteiger partial charge in [-0.05, 0) is 29.0 Å². The van der Waals surface area contributed by atoms with E-state index in [0.717, 1.165) is 10.8 Å². The first-order chi connectivity index (χ1) is 10.7. The molecule has 3 aromatic rings. The molecule has 22 heavy (non-hydrogen) atoms. The number of fused-ring (bicyclic) bond motifs is 1. The molecule has 0 saturated carbocycles. The summed E-state index contributed by atoms with van der Waals surface area (Å²) in [5, 5.41) is 9.04. The second-order valence-corrected chi connectivity index (χ2v) is 5.67. The normalized spacial score (nSPS) is 10.4. The Hall–Kier alpha value is -2.66. The quantitative estimate of drug-likeness (QED) is 0.777. The molecule has 0 spiro atoms. The maximum Gasteiger partial charge on any atom is 0.265 e. The van der Waals surface area contributed by atoms with Crippen molar-refractivity contribution in [3.63, 3.8) is 0 Å². The Bertz CT molecular complexity index is 836. The van der Waals surface area contributed by atoms with Gasteiger partial charge in [0.25, 0.3) is 11.8 Å². The number of amides is 2. The summed E-state index contributed by atoms with van der Waals surface area (Å²) in [6.45, 7) is 0. The third-order valence-corrected chi connectivity index (χ3v) is 4.24. The van der Waals surface area contributed by atoms with Crippen molar-refractivity contribution in [2.24, 2.45) is 0 Å². The zero-order valence-electron chi connectivity index (χ0n) is 11.9. The van der Waals surface area contributed by atoms with Gasteiger partial charge < -0.3 is 10.6 Å². The average Bonchev–Trinajstić information content (AvgIpc) is 3.08. The first kappa shape index (κ1) is 14.3. The van der Waals surface area contributed by atoms with E-state index in [2.05, 4.69) is 10.6 Å². The molecule has 2 N–H and O–H groups in total. The monoisotopic (exact) mass is 310 g/mol. The number of benzene rings is 2. The van der Waals surface area contributed by atoms with E-state index in [1.165, 1.54) is 11.3 Å². The van der Waals surface area contributed by atoms with E-state index in [9.17, 15) is 9.59 Å². The molecule has 0 atom stereocenters. The van der Waals surface area contributed by atoms with Gasteiger partial charge in [0.1, 0.15) is 0 Å². The first-order valence-electron chi connectivity index (χ1n) is 6.79. The van der Waals surface area contributed by atoms with Crippen molar-refractivity contribution < 1.29 is 9.59 Å². The molecule has 0 aliphatic rings. The van der Waals surface area contributed by atoms with Crippen LogP contribution in [0.5, 0.6) is 0 Å². The SMILES string of the molecule is CNC(=O)c1cccc2cccc(NC(=O)c3cccs3)c12. The Labute approximate surface area is 131 Å². The maximum atomic E-state index is 12.3. The van der Waals surface area contributed by atoms with Crippen LogP contribution in [0.25, 0.3) is 10.8 Å². The highest BCUT2D eigenvalue weighted by molar-refractivity contribution is 7.12. The fourth-order valence-corrected chi connectivity index (χ4v) is 2.98. The highest BCUT2D eigenvalue weighted by Crippen LogP contribution is 2.28. The van der Waals surface area contributed by atoms with E-state index in [0.29, 0.717) is 16.1 Å². The number of rotatable bonds is 3. The van der Waals surface area contributed by atoms with E-state index < -0.39 is 0 Å². The third-order valence-electron chi connectivity index (χ3n) is 3.37. The second-order valence-electron chi connectivity index (χ2n) is 4.72. The lowest BCUT2D eigenvalue weighted by Gasteiger charge is -2.11. The molecular weight excluding hydrogens is 296 g/mol. The topological polar surface area (TPSA) is 58.2 Å². The van der Waals surface area contributed by atoms with Gasteiger partial charge >= 0.3 is 0 Å². The highest BCUT2D eigenvalue weighted by atomic mass is 32.1. The Morgan fingerprint density at radius 3 is 2.41 bits per heavy atom. The molecular formula is C17H14N2O2S. The van der Waals surface area contributed by atoms with Crippen molar-refractivity contribution in [2.45, 2.75) is 0 Å². The summed E-state index contributed by atoms with van der Waals surface area (Å²) in [6.07, 6.45) is 0. The minimum atomic E-state index is -0.177. The van der Waals surface area contributed by atoms with E-state index in [-0.39, 0.29) is 11.8 Å². The number of carbonyl (C=O) groups is 2. The summed E-state index contributed by atoms with van der Waals surface area (Å²) in [5.74, 6) is -0.349. The predicted octanol–water partition coefficient (Wildman–Crippen LogP) is 3.51. The van der Waals surface area contributed by atoms with Gasteiger partial charge in [0.2, 0.25) is 0 Å². The van der Waals surface area contributed by atoms with Gasteiger partial charge in [0, 0.05) is 23.7 Å². The molecule has 0 unspecified atom stereocenters. The molecule has 4 nitrogen and oxygen atoms in total. The smallest absolute Gasteiger partial charge is 0.265 e. The fourth-order valence-electron chi connectivity index (χ4n) is 2.36. The van der Waals surface area contributed by atoms with Crippen LogP contribution in [-0.2, 0) is 0 Å². The Kier molecular flexibility index (Phi) is 3.89. The van der Waals surface area contributed by atoms with Crippen LogP contribution in [-0.4, -0.2) is 18.9 Å². The minimum Gasteiger partial charge on any atom is -0.355 e. The van der Waals surface area contributed by atoms with E-state index in [4.69, 9.17) is 0 Å². The van der Waals surface area contributed by atoms with E-state index >= 15 is 0 Å². The molecule has 110 valence electrons. The Morgan fingerprint density at radius 1 is 0.955 bits per heavy atom. The summed E-state index contributed by atoms with van der Waals surface area (Å²) in [5.41, 5.74) is 1.18. The number of thiophene rings is 1. The van der Waals surface area contributed by atoms with Gasteiger partial charge in [-0.3, -0.25) is 9.59 Å². The summed E-state index contributed by atoms with van der Waals surface area (Å²) < 4.78 is 0. The zero-order chi connectivity index (χ0) is 15.5. The van der Waals surface area contributed by atoms with Crippen LogP contribution >= 0.6 is 11.3 Å². The molecule has 0 radical (unpaired) electrons. The standard InChI is InChI=1S/C17H14N2O2S/c1-18-16(20)12-7-2-5-11-6-3-8-13(15(11)12)19-17(21)14-9-4-10-22-14/h2-10H,1H3,(H,18,20)(H,19,21). The first-order valence-corrected chi connectivity index (χ1v) is 7.67. The van der Waals surface area contributed by atoms with Gasteiger partial charge in [0.05, 0.1) is 4.88 Å². The third kappa shape index (κ3) is 2.58. The molecule has 0 aliphatic carbocycles. The van der Waals surface area contributed by atoms with Gasteiger partial charge in [0.15, 0.2) is 0 Å². The number of carbonyl (C=O) groups excluding carboxylic acids is 2. The summed E-state index contributed by atoms with van der Waals surface area (Å²) in [7, 11) is 1.59. The second kappa shape index (κ2) is 5.99. The molecule has 2 amide bonds. The molecule has 1 heterocycles. The average molecular weight is 310 g/mol. The number of hydrogen-bond donors (Lipinski definition) is 2. The Morgan fingerprint density at radius 2 is 1.73 bits per heavy atom. The summed E-state index contributed by atoms with van der Waals surface area (Å²) in [4.78, 5) is 25.0. The lowest BCUT2D eigenvalue weighted by Crippen LogP contribution is -2.19. The van der Waals surface area contributed by atoms with Crippen LogP contribution in [0.15, 0.2) is 53.9 Å². The summed E-state index contributed by atoms with van der Waals surface area (Å²) in [6, 6.07) is 14.7. The lowest BCUT2D eigenvalue weighted by atomic mass is 10.0. The number of anilines is 1. The van der Waals surface area contributed by atoms with Crippen LogP contribution < -0.4 is 10.6 Å². The van der Waals surface area contributed by atoms with Crippen LogP contribution in [0.1, 0.15) is 20.0 Å². The van der Waals surface area contributed by atoms with Gasteiger partial charge in [-0.2, -0.15) is 0 Å². The minimum absolute atomic E-state index is 0.172. The molecule has 0 fully saturated rings. The maximum absolute atomic E-state index is 12.3. The van der Waals surface area contributed by atoms with Crippen molar-refractivity contribution in [1.82, 2.24) is 5.32 Å². The fraction of sp³-hybridized carbons (Fsp3) is 0.0588. The van der Waals surface area contributed by atoms with Gasteiger partial charge in [-0.15, -0.1) is 11.3 Å². The summed E-state index contributed by atoms with van der Waals surface area (Å²) >= 11 is 1.38. The predicted molar refractivity (Wildman–Crippen MR) is 89.6 cm³/mol. The van der Waals surface area contributed by atoms with Gasteiger partial charge in [-0.25, -0.2) is 0 Å². The van der Waals surface area contributed by atoms with Crippen molar-refractivity contribution in [3.05, 3.63) is 64.4 Å². The molecule has 2 aromatic carbocycles. The zero-order valence-corrected chi connectivity index (χ0v) is 12.7. The lowest BCUT2D eigenvalue weighted by molar-refractivity contribution is 0.0963. The van der Waals surface area contributed by atoms with E-state index in [1.54, 1.807) is 25.2 Å². The molecule has 5 heteroatoms. The van der Waals surface area contributed by atoms with Crippen molar-refractivity contribution in [1.29, 1.82) is 0 Å². The largest absolute Gasteiger partial charge is 0.355 e. The molecule has 0 bridgehead atoms.